The Labute approximate surface area is 147 Å². The molecule has 1 heterocycles. The number of benzene rings is 2. The van der Waals surface area contributed by atoms with Crippen LogP contribution in [-0.4, -0.2) is 24.1 Å². The SMILES string of the molecule is CN(C)c1ccc(-c2ccnc(NCc3ccc(Cl)cc3)n2)cc1. The van der Waals surface area contributed by atoms with E-state index in [1.165, 1.54) is 0 Å². The quantitative estimate of drug-likeness (QED) is 0.745. The highest BCUT2D eigenvalue weighted by Crippen LogP contribution is 2.21. The van der Waals surface area contributed by atoms with Gasteiger partial charge in [0, 0.05) is 43.1 Å². The summed E-state index contributed by atoms with van der Waals surface area (Å²) in [5.41, 5.74) is 4.25. The first-order valence-corrected chi connectivity index (χ1v) is 8.09. The van der Waals surface area contributed by atoms with E-state index in [1.807, 2.05) is 44.4 Å². The Morgan fingerprint density at radius 2 is 1.67 bits per heavy atom. The molecule has 5 heteroatoms. The Balaban J connectivity index is 1.72. The molecule has 3 rings (SSSR count). The number of hydrogen-bond donors (Lipinski definition) is 1. The smallest absolute Gasteiger partial charge is 0.223 e. The standard InChI is InChI=1S/C19H19ClN4/c1-24(2)17-9-5-15(6-10-17)18-11-12-21-19(23-18)22-13-14-3-7-16(20)8-4-14/h3-12H,13H2,1-2H3,(H,21,22,23). The molecule has 2 aromatic carbocycles. The molecular weight excluding hydrogens is 320 g/mol. The monoisotopic (exact) mass is 338 g/mol. The fraction of sp³-hybridized carbons (Fsp3) is 0.158. The van der Waals surface area contributed by atoms with E-state index < -0.39 is 0 Å². The summed E-state index contributed by atoms with van der Waals surface area (Å²) in [5, 5.41) is 3.98. The molecule has 0 aliphatic heterocycles. The predicted octanol–water partition coefficient (Wildman–Crippen LogP) is 4.48. The van der Waals surface area contributed by atoms with Crippen LogP contribution in [0.2, 0.25) is 5.02 Å². The van der Waals surface area contributed by atoms with Crippen LogP contribution in [0.4, 0.5) is 11.6 Å². The summed E-state index contributed by atoms with van der Waals surface area (Å²) in [6.07, 6.45) is 1.77. The van der Waals surface area contributed by atoms with Crippen molar-refractivity contribution >= 4 is 23.2 Å². The molecule has 0 saturated heterocycles. The van der Waals surface area contributed by atoms with Crippen LogP contribution in [-0.2, 0) is 6.54 Å². The van der Waals surface area contributed by atoms with Crippen molar-refractivity contribution in [1.29, 1.82) is 0 Å². The van der Waals surface area contributed by atoms with E-state index >= 15 is 0 Å². The molecule has 0 radical (unpaired) electrons. The fourth-order valence-corrected chi connectivity index (χ4v) is 2.44. The molecule has 4 nitrogen and oxygen atoms in total. The van der Waals surface area contributed by atoms with Gasteiger partial charge in [0.2, 0.25) is 5.95 Å². The lowest BCUT2D eigenvalue weighted by molar-refractivity contribution is 1.06. The number of halogens is 1. The predicted molar refractivity (Wildman–Crippen MR) is 101 cm³/mol. The van der Waals surface area contributed by atoms with Crippen molar-refractivity contribution in [2.45, 2.75) is 6.54 Å². The van der Waals surface area contributed by atoms with Crippen LogP contribution >= 0.6 is 11.6 Å². The number of aromatic nitrogens is 2. The summed E-state index contributed by atoms with van der Waals surface area (Å²) in [7, 11) is 4.05. The molecule has 3 aromatic rings. The van der Waals surface area contributed by atoms with Crippen LogP contribution in [0.1, 0.15) is 5.56 Å². The van der Waals surface area contributed by atoms with Gasteiger partial charge >= 0.3 is 0 Å². The summed E-state index contributed by atoms with van der Waals surface area (Å²) in [5.74, 6) is 0.610. The molecule has 0 aliphatic rings. The van der Waals surface area contributed by atoms with Crippen molar-refractivity contribution in [1.82, 2.24) is 9.97 Å². The molecule has 1 N–H and O–H groups in total. The lowest BCUT2D eigenvalue weighted by atomic mass is 10.1. The second-order valence-corrected chi connectivity index (χ2v) is 6.12. The molecule has 122 valence electrons. The third-order valence-corrected chi connectivity index (χ3v) is 3.95. The molecule has 0 saturated carbocycles. The van der Waals surface area contributed by atoms with Gasteiger partial charge in [0.25, 0.3) is 0 Å². The summed E-state index contributed by atoms with van der Waals surface area (Å²) >= 11 is 5.90. The van der Waals surface area contributed by atoms with Gasteiger partial charge in [-0.2, -0.15) is 0 Å². The molecule has 1 aromatic heterocycles. The lowest BCUT2D eigenvalue weighted by Crippen LogP contribution is -2.08. The Morgan fingerprint density at radius 3 is 2.33 bits per heavy atom. The number of hydrogen-bond acceptors (Lipinski definition) is 4. The highest BCUT2D eigenvalue weighted by atomic mass is 35.5. The molecule has 24 heavy (non-hydrogen) atoms. The normalized spacial score (nSPS) is 10.5. The van der Waals surface area contributed by atoms with E-state index in [-0.39, 0.29) is 0 Å². The summed E-state index contributed by atoms with van der Waals surface area (Å²) < 4.78 is 0. The van der Waals surface area contributed by atoms with Crippen molar-refractivity contribution in [2.75, 3.05) is 24.3 Å². The third kappa shape index (κ3) is 4.03. The minimum atomic E-state index is 0.610. The first-order chi connectivity index (χ1) is 11.6. The summed E-state index contributed by atoms with van der Waals surface area (Å²) in [6.45, 7) is 0.653. The van der Waals surface area contributed by atoms with Crippen molar-refractivity contribution in [3.05, 3.63) is 71.4 Å². The molecule has 0 aliphatic carbocycles. The van der Waals surface area contributed by atoms with Gasteiger partial charge in [0.05, 0.1) is 5.69 Å². The van der Waals surface area contributed by atoms with Gasteiger partial charge < -0.3 is 10.2 Å². The second kappa shape index (κ2) is 7.32. The summed E-state index contributed by atoms with van der Waals surface area (Å²) in [6, 6.07) is 17.9. The second-order valence-electron chi connectivity index (χ2n) is 5.69. The van der Waals surface area contributed by atoms with Crippen molar-refractivity contribution < 1.29 is 0 Å². The van der Waals surface area contributed by atoms with Crippen LogP contribution in [0, 0.1) is 0 Å². The van der Waals surface area contributed by atoms with Crippen molar-refractivity contribution in [3.63, 3.8) is 0 Å². The van der Waals surface area contributed by atoms with Gasteiger partial charge in [0.1, 0.15) is 0 Å². The lowest BCUT2D eigenvalue weighted by Gasteiger charge is -2.12. The first kappa shape index (κ1) is 16.3. The maximum absolute atomic E-state index is 5.90. The zero-order valence-electron chi connectivity index (χ0n) is 13.7. The van der Waals surface area contributed by atoms with E-state index in [9.17, 15) is 0 Å². The van der Waals surface area contributed by atoms with Crippen LogP contribution in [0.15, 0.2) is 60.8 Å². The zero-order valence-corrected chi connectivity index (χ0v) is 14.5. The average Bonchev–Trinajstić information content (AvgIpc) is 2.61. The molecule has 0 atom stereocenters. The first-order valence-electron chi connectivity index (χ1n) is 7.71. The van der Waals surface area contributed by atoms with Crippen LogP contribution in [0.25, 0.3) is 11.3 Å². The summed E-state index contributed by atoms with van der Waals surface area (Å²) in [4.78, 5) is 10.9. The molecule has 0 spiro atoms. The fourth-order valence-electron chi connectivity index (χ4n) is 2.32. The Kier molecular flexibility index (Phi) is 4.96. The van der Waals surface area contributed by atoms with Gasteiger partial charge in [0.15, 0.2) is 0 Å². The average molecular weight is 339 g/mol. The molecule has 0 fully saturated rings. The highest BCUT2D eigenvalue weighted by molar-refractivity contribution is 6.30. The largest absolute Gasteiger partial charge is 0.378 e. The van der Waals surface area contributed by atoms with Gasteiger partial charge in [-0.25, -0.2) is 9.97 Å². The molecular formula is C19H19ClN4. The number of nitrogens with zero attached hydrogens (tertiary/aromatic N) is 3. The zero-order chi connectivity index (χ0) is 16.9. The van der Waals surface area contributed by atoms with E-state index in [1.54, 1.807) is 6.20 Å². The molecule has 0 unspecified atom stereocenters. The molecule has 0 amide bonds. The van der Waals surface area contributed by atoms with Gasteiger partial charge in [-0.1, -0.05) is 35.9 Å². The highest BCUT2D eigenvalue weighted by Gasteiger charge is 2.03. The minimum absolute atomic E-state index is 0.610. The van der Waals surface area contributed by atoms with Crippen molar-refractivity contribution in [3.8, 4) is 11.3 Å². The maximum atomic E-state index is 5.90. The number of rotatable bonds is 5. The minimum Gasteiger partial charge on any atom is -0.378 e. The van der Waals surface area contributed by atoms with Crippen molar-refractivity contribution in [2.24, 2.45) is 0 Å². The topological polar surface area (TPSA) is 41.1 Å². The van der Waals surface area contributed by atoms with Gasteiger partial charge in [-0.3, -0.25) is 0 Å². The molecule has 0 bridgehead atoms. The van der Waals surface area contributed by atoms with E-state index in [2.05, 4.69) is 44.5 Å². The van der Waals surface area contributed by atoms with Crippen LogP contribution in [0.3, 0.4) is 0 Å². The van der Waals surface area contributed by atoms with E-state index in [0.29, 0.717) is 12.5 Å². The Morgan fingerprint density at radius 1 is 0.958 bits per heavy atom. The Hall–Kier alpha value is -2.59. The van der Waals surface area contributed by atoms with E-state index in [0.717, 1.165) is 27.5 Å². The van der Waals surface area contributed by atoms with E-state index in [4.69, 9.17) is 11.6 Å². The van der Waals surface area contributed by atoms with Gasteiger partial charge in [-0.15, -0.1) is 0 Å². The number of nitrogens with one attached hydrogen (secondary N) is 1. The Bertz CT molecular complexity index is 798. The maximum Gasteiger partial charge on any atom is 0.223 e. The van der Waals surface area contributed by atoms with Gasteiger partial charge in [-0.05, 0) is 35.9 Å². The van der Waals surface area contributed by atoms with Crippen LogP contribution < -0.4 is 10.2 Å². The number of anilines is 2. The third-order valence-electron chi connectivity index (χ3n) is 3.70. The van der Waals surface area contributed by atoms with Crippen LogP contribution in [0.5, 0.6) is 0 Å².